The Morgan fingerprint density at radius 2 is 1.93 bits per heavy atom. The maximum atomic E-state index is 14.2. The molecule has 5 aliphatic rings. The molecule has 4 aliphatic heterocycles. The summed E-state index contributed by atoms with van der Waals surface area (Å²) in [5.74, 6) is -1.13. The average Bonchev–Trinajstić information content (AvgIpc) is 3.62. The van der Waals surface area contributed by atoms with Gasteiger partial charge in [-0.1, -0.05) is 38.0 Å². The summed E-state index contributed by atoms with van der Waals surface area (Å²) in [7, 11) is 1.57. The van der Waals surface area contributed by atoms with Gasteiger partial charge in [0.1, 0.15) is 17.4 Å². The number of benzene rings is 1. The first-order valence-electron chi connectivity index (χ1n) is 15.1. The monoisotopic (exact) mass is 566 g/mol. The number of carbonyl (C=O) groups excluding carboxylic acids is 3. The smallest absolute Gasteiger partial charge is 0.246 e. The number of fused-ring (bicyclic) bond motifs is 1. The number of amides is 3. The summed E-state index contributed by atoms with van der Waals surface area (Å²) in [5.41, 5.74) is -0.567. The zero-order valence-electron chi connectivity index (χ0n) is 24.1. The highest BCUT2D eigenvalue weighted by Crippen LogP contribution is 2.55. The van der Waals surface area contributed by atoms with Gasteiger partial charge in [0.15, 0.2) is 0 Å². The first-order valence-corrected chi connectivity index (χ1v) is 15.1. The summed E-state index contributed by atoms with van der Waals surface area (Å²) in [4.78, 5) is 46.0. The number of nitrogens with zero attached hydrogens (tertiary/aromatic N) is 2. The number of hydrogen-bond donors (Lipinski definition) is 2. The molecule has 3 amide bonds. The van der Waals surface area contributed by atoms with Gasteiger partial charge in [0, 0.05) is 44.0 Å². The van der Waals surface area contributed by atoms with Crippen molar-refractivity contribution in [1.82, 2.24) is 15.1 Å². The van der Waals surface area contributed by atoms with Gasteiger partial charge >= 0.3 is 0 Å². The number of anilines is 1. The van der Waals surface area contributed by atoms with Crippen LogP contribution in [0.1, 0.15) is 39.0 Å². The molecule has 10 heteroatoms. The van der Waals surface area contributed by atoms with Gasteiger partial charge in [-0.2, -0.15) is 0 Å². The van der Waals surface area contributed by atoms with Gasteiger partial charge in [0.25, 0.3) is 0 Å². The Morgan fingerprint density at radius 1 is 1.12 bits per heavy atom. The molecule has 222 valence electrons. The van der Waals surface area contributed by atoms with Crippen molar-refractivity contribution in [3.8, 4) is 5.75 Å². The van der Waals surface area contributed by atoms with E-state index in [2.05, 4.69) is 22.5 Å². The lowest BCUT2D eigenvalue weighted by Crippen LogP contribution is -2.57. The van der Waals surface area contributed by atoms with Crippen LogP contribution in [0.25, 0.3) is 0 Å². The number of methoxy groups -OCH3 is 1. The molecule has 1 aromatic carbocycles. The molecule has 7 atom stereocenters. The van der Waals surface area contributed by atoms with Crippen molar-refractivity contribution >= 4 is 23.4 Å². The minimum atomic E-state index is -1.15. The van der Waals surface area contributed by atoms with Gasteiger partial charge in [-0.3, -0.25) is 19.3 Å². The quantitative estimate of drug-likeness (QED) is 0.441. The third kappa shape index (κ3) is 5.26. The lowest BCUT2D eigenvalue weighted by molar-refractivity contribution is -0.141. The number of carbonyl (C=O) groups is 3. The third-order valence-corrected chi connectivity index (χ3v) is 9.68. The molecule has 1 spiro atoms. The zero-order chi connectivity index (χ0) is 28.6. The second-order valence-corrected chi connectivity index (χ2v) is 12.1. The fourth-order valence-electron chi connectivity index (χ4n) is 7.52. The molecule has 1 aromatic rings. The first kappa shape index (κ1) is 28.2. The SMILES string of the molecule is COc1cccc(NC(=O)C2[C@@H]3C=CC4(O3)C(C(=O)NC3CCCCC3C)N(CCCN3CCOCC3)C(=O)[C@H]24)c1. The molecule has 4 fully saturated rings. The van der Waals surface area contributed by atoms with E-state index in [0.29, 0.717) is 37.1 Å². The van der Waals surface area contributed by atoms with E-state index in [1.807, 2.05) is 12.2 Å². The van der Waals surface area contributed by atoms with Crippen molar-refractivity contribution in [2.45, 2.75) is 62.8 Å². The Labute approximate surface area is 241 Å². The number of hydrogen-bond acceptors (Lipinski definition) is 7. The fourth-order valence-corrected chi connectivity index (χ4v) is 7.52. The molecule has 1 saturated carbocycles. The van der Waals surface area contributed by atoms with E-state index >= 15 is 0 Å². The van der Waals surface area contributed by atoms with Gasteiger partial charge in [0.2, 0.25) is 17.7 Å². The average molecular weight is 567 g/mol. The number of morpholine rings is 1. The fraction of sp³-hybridized carbons (Fsp3) is 0.645. The molecular formula is C31H42N4O6. The van der Waals surface area contributed by atoms with Crippen LogP contribution in [0.5, 0.6) is 5.75 Å². The van der Waals surface area contributed by atoms with E-state index in [-0.39, 0.29) is 23.8 Å². The molecule has 4 heterocycles. The van der Waals surface area contributed by atoms with E-state index in [4.69, 9.17) is 14.2 Å². The van der Waals surface area contributed by atoms with E-state index in [1.54, 1.807) is 36.3 Å². The number of likely N-dealkylation sites (tertiary alicyclic amines) is 1. The maximum absolute atomic E-state index is 14.2. The normalized spacial score (nSPS) is 34.5. The van der Waals surface area contributed by atoms with Crippen LogP contribution in [-0.2, 0) is 23.9 Å². The Balaban J connectivity index is 1.24. The minimum Gasteiger partial charge on any atom is -0.497 e. The van der Waals surface area contributed by atoms with E-state index in [1.165, 1.54) is 6.42 Å². The standard InChI is InChI=1S/C31H42N4O6/c1-20-7-3-4-10-23(20)33-29(37)27-31-12-11-24(41-31)25(28(36)32-21-8-5-9-22(19-21)39-2)26(31)30(38)35(27)14-6-13-34-15-17-40-18-16-34/h5,8-9,11-12,19-20,23-27H,3-4,6-7,10,13-18H2,1-2H3,(H,32,36)(H,33,37)/t20?,23?,24-,25?,26-,27?,31?/m0/s1. The van der Waals surface area contributed by atoms with Crippen molar-refractivity contribution in [1.29, 1.82) is 0 Å². The van der Waals surface area contributed by atoms with Crippen LogP contribution < -0.4 is 15.4 Å². The second-order valence-electron chi connectivity index (χ2n) is 12.1. The Morgan fingerprint density at radius 3 is 2.71 bits per heavy atom. The van der Waals surface area contributed by atoms with Crippen LogP contribution in [0.2, 0.25) is 0 Å². The lowest BCUT2D eigenvalue weighted by Gasteiger charge is -2.36. The lowest BCUT2D eigenvalue weighted by atomic mass is 9.74. The van der Waals surface area contributed by atoms with Gasteiger partial charge in [-0.25, -0.2) is 0 Å². The predicted molar refractivity (Wildman–Crippen MR) is 152 cm³/mol. The number of nitrogens with one attached hydrogen (secondary N) is 2. The summed E-state index contributed by atoms with van der Waals surface area (Å²) in [6, 6.07) is 6.40. The van der Waals surface area contributed by atoms with E-state index in [9.17, 15) is 14.4 Å². The Kier molecular flexibility index (Phi) is 8.07. The van der Waals surface area contributed by atoms with Crippen LogP contribution in [0.4, 0.5) is 5.69 Å². The number of ether oxygens (including phenoxy) is 3. The van der Waals surface area contributed by atoms with Gasteiger partial charge in [-0.05, 0) is 37.3 Å². The molecule has 41 heavy (non-hydrogen) atoms. The van der Waals surface area contributed by atoms with Crippen molar-refractivity contribution in [2.24, 2.45) is 17.8 Å². The largest absolute Gasteiger partial charge is 0.497 e. The highest BCUT2D eigenvalue weighted by molar-refractivity contribution is 6.02. The topological polar surface area (TPSA) is 109 Å². The highest BCUT2D eigenvalue weighted by Gasteiger charge is 2.72. The molecule has 1 aliphatic carbocycles. The molecule has 6 rings (SSSR count). The van der Waals surface area contributed by atoms with E-state index in [0.717, 1.165) is 45.3 Å². The molecule has 10 nitrogen and oxygen atoms in total. The van der Waals surface area contributed by atoms with Gasteiger partial charge < -0.3 is 29.7 Å². The summed E-state index contributed by atoms with van der Waals surface area (Å²) < 4.78 is 17.3. The van der Waals surface area contributed by atoms with Crippen molar-refractivity contribution in [3.63, 3.8) is 0 Å². The third-order valence-electron chi connectivity index (χ3n) is 9.68. The van der Waals surface area contributed by atoms with Gasteiger partial charge in [-0.15, -0.1) is 0 Å². The molecule has 3 saturated heterocycles. The molecule has 2 N–H and O–H groups in total. The van der Waals surface area contributed by atoms with Crippen LogP contribution in [-0.4, -0.2) is 97.8 Å². The molecule has 2 bridgehead atoms. The van der Waals surface area contributed by atoms with Crippen molar-refractivity contribution in [3.05, 3.63) is 36.4 Å². The second kappa shape index (κ2) is 11.7. The molecular weight excluding hydrogens is 524 g/mol. The highest BCUT2D eigenvalue weighted by atomic mass is 16.5. The summed E-state index contributed by atoms with van der Waals surface area (Å²) >= 11 is 0. The van der Waals surface area contributed by atoms with Gasteiger partial charge in [0.05, 0.1) is 38.3 Å². The van der Waals surface area contributed by atoms with Crippen molar-refractivity contribution in [2.75, 3.05) is 51.8 Å². The van der Waals surface area contributed by atoms with Crippen LogP contribution in [0, 0.1) is 17.8 Å². The van der Waals surface area contributed by atoms with Crippen molar-refractivity contribution < 1.29 is 28.6 Å². The van der Waals surface area contributed by atoms with Crippen LogP contribution in [0.3, 0.4) is 0 Å². The molecule has 5 unspecified atom stereocenters. The maximum Gasteiger partial charge on any atom is 0.246 e. The Bertz CT molecular complexity index is 1180. The summed E-state index contributed by atoms with van der Waals surface area (Å²) in [6.07, 6.45) is 8.18. The minimum absolute atomic E-state index is 0.0757. The van der Waals surface area contributed by atoms with Crippen LogP contribution >= 0.6 is 0 Å². The first-order chi connectivity index (χ1) is 19.9. The van der Waals surface area contributed by atoms with Crippen LogP contribution in [0.15, 0.2) is 36.4 Å². The summed E-state index contributed by atoms with van der Waals surface area (Å²) in [5, 5.41) is 6.27. The predicted octanol–water partition coefficient (Wildman–Crippen LogP) is 2.20. The molecule has 0 aromatic heterocycles. The Hall–Kier alpha value is -2.95. The molecule has 0 radical (unpaired) electrons. The van der Waals surface area contributed by atoms with E-state index < -0.39 is 29.6 Å². The summed E-state index contributed by atoms with van der Waals surface area (Å²) in [6.45, 7) is 6.58. The number of rotatable bonds is 9. The zero-order valence-corrected chi connectivity index (χ0v) is 24.1.